The molecule has 2 heterocycles. The Morgan fingerprint density at radius 1 is 0.833 bits per heavy atom. The van der Waals surface area contributed by atoms with Gasteiger partial charge in [-0.15, -0.1) is 4.33 Å². The minimum Gasteiger partial charge on any atom is -0.478 e. The van der Waals surface area contributed by atoms with Crippen molar-refractivity contribution < 1.29 is 77.6 Å². The van der Waals surface area contributed by atoms with Crippen molar-refractivity contribution in [2.75, 3.05) is 54.1 Å². The van der Waals surface area contributed by atoms with E-state index in [9.17, 15) is 58.4 Å². The molecule has 2 aliphatic heterocycles. The zero-order valence-corrected chi connectivity index (χ0v) is 36.2. The minimum atomic E-state index is -4.46. The maximum atomic E-state index is 13.8. The summed E-state index contributed by atoms with van der Waals surface area (Å²) in [6.07, 6.45) is 5.01. The predicted molar refractivity (Wildman–Crippen MR) is 221 cm³/mol. The van der Waals surface area contributed by atoms with Crippen LogP contribution in [-0.2, 0) is 50.6 Å². The number of carboxylic acid groups (broad SMARTS) is 1. The number of carbonyl (C=O) groups is 3. The smallest absolute Gasteiger partial charge is 0.335 e. The number of aromatic carboxylic acids is 1. The summed E-state index contributed by atoms with van der Waals surface area (Å²) in [5.41, 5.74) is 1.11. The number of fused-ring (bicyclic) bond motifs is 2. The standard InChI is InChI=1S/C36H46N4O16S4/c1-35(2)26-21-23(34(43)44)10-11-27(26)39(14-6-17-58(46,47)48)29(35)8-5-9-30-36(3,4)31-25(33(42)38-13-19-60(52,53)54)20-24(32(41)37-12-16-57-56-55-45)22-28(31)40(30)15-7-18-59(49,50)51/h5,8-11,20-22H,6-7,12-19H2,1-4H3,(H6-,37,38,41,42,43,44,45,46,47,48,49,50,51,52,53,54)/p+1. The van der Waals surface area contributed by atoms with E-state index in [0.717, 1.165) is 0 Å². The van der Waals surface area contributed by atoms with Gasteiger partial charge in [0.15, 0.2) is 5.71 Å². The van der Waals surface area contributed by atoms with E-state index < -0.39 is 82.8 Å². The van der Waals surface area contributed by atoms with Crippen molar-refractivity contribution in [3.63, 3.8) is 0 Å². The van der Waals surface area contributed by atoms with Crippen LogP contribution in [0.4, 0.5) is 11.4 Å². The van der Waals surface area contributed by atoms with Crippen LogP contribution in [0.1, 0.15) is 82.7 Å². The zero-order chi connectivity index (χ0) is 44.8. The maximum Gasteiger partial charge on any atom is 0.335 e. The molecule has 60 heavy (non-hydrogen) atoms. The molecule has 0 fully saturated rings. The number of amides is 2. The molecule has 0 bridgehead atoms. The lowest BCUT2D eigenvalue weighted by molar-refractivity contribution is -0.437. The highest BCUT2D eigenvalue weighted by atomic mass is 32.2. The Bertz CT molecular complexity index is 2450. The molecule has 0 saturated heterocycles. The van der Waals surface area contributed by atoms with Gasteiger partial charge in [-0.05, 0) is 50.6 Å². The van der Waals surface area contributed by atoms with Gasteiger partial charge in [0.2, 0.25) is 5.69 Å². The molecule has 0 spiro atoms. The second-order valence-corrected chi connectivity index (χ2v) is 20.3. The van der Waals surface area contributed by atoms with E-state index >= 15 is 0 Å². The van der Waals surface area contributed by atoms with Crippen molar-refractivity contribution in [3.05, 3.63) is 82.1 Å². The van der Waals surface area contributed by atoms with Crippen LogP contribution in [-0.4, -0.2) is 127 Å². The Morgan fingerprint density at radius 2 is 1.47 bits per heavy atom. The van der Waals surface area contributed by atoms with E-state index in [1.807, 2.05) is 18.4 Å². The summed E-state index contributed by atoms with van der Waals surface area (Å²) < 4.78 is 104. The topological polar surface area (TPSA) is 304 Å². The molecular weight excluding hydrogens is 873 g/mol. The molecule has 2 aliphatic rings. The number of rotatable bonds is 21. The fourth-order valence-corrected chi connectivity index (χ4v) is 8.93. The first-order valence-electron chi connectivity index (χ1n) is 18.2. The summed E-state index contributed by atoms with van der Waals surface area (Å²) in [6, 6.07) is 7.37. The highest BCUT2D eigenvalue weighted by molar-refractivity contribution is 7.94. The normalized spacial score (nSPS) is 16.7. The van der Waals surface area contributed by atoms with Crippen LogP contribution in [0.3, 0.4) is 0 Å². The van der Waals surface area contributed by atoms with Gasteiger partial charge in [-0.3, -0.25) is 23.2 Å². The molecule has 24 heteroatoms. The molecule has 4 rings (SSSR count). The summed E-state index contributed by atoms with van der Waals surface area (Å²) in [4.78, 5) is 40.9. The van der Waals surface area contributed by atoms with Gasteiger partial charge >= 0.3 is 5.97 Å². The second-order valence-electron chi connectivity index (χ2n) is 14.8. The predicted octanol–water partition coefficient (Wildman–Crippen LogP) is 2.97. The van der Waals surface area contributed by atoms with Crippen LogP contribution < -0.4 is 15.5 Å². The number of hydrogen-bond acceptors (Lipinski definition) is 14. The number of carbonyl (C=O) groups excluding carboxylic acids is 2. The monoisotopic (exact) mass is 919 g/mol. The molecule has 2 aromatic rings. The summed E-state index contributed by atoms with van der Waals surface area (Å²) >= 11 is 0.686. The molecule has 2 aromatic carbocycles. The fourth-order valence-electron chi connectivity index (χ4n) is 7.28. The van der Waals surface area contributed by atoms with Gasteiger partial charge in [0.1, 0.15) is 6.54 Å². The summed E-state index contributed by atoms with van der Waals surface area (Å²) in [6.45, 7) is 6.85. The molecule has 0 radical (unpaired) electrons. The lowest BCUT2D eigenvalue weighted by Gasteiger charge is -2.27. The number of anilines is 1. The molecule has 0 aromatic heterocycles. The van der Waals surface area contributed by atoms with Crippen molar-refractivity contribution in [2.45, 2.75) is 51.4 Å². The lowest BCUT2D eigenvalue weighted by Crippen LogP contribution is -2.32. The third-order valence-electron chi connectivity index (χ3n) is 9.88. The Morgan fingerprint density at radius 3 is 2.08 bits per heavy atom. The van der Waals surface area contributed by atoms with E-state index in [1.165, 1.54) is 24.3 Å². The number of nitrogens with zero attached hydrogens (tertiary/aromatic N) is 2. The number of hydrogen-bond donors (Lipinski definition) is 7. The van der Waals surface area contributed by atoms with Gasteiger partial charge in [0.25, 0.3) is 42.2 Å². The van der Waals surface area contributed by atoms with Crippen molar-refractivity contribution in [3.8, 4) is 0 Å². The molecule has 330 valence electrons. The average Bonchev–Trinajstić information content (AvgIpc) is 3.47. The molecule has 20 nitrogen and oxygen atoms in total. The van der Waals surface area contributed by atoms with Crippen molar-refractivity contribution in [1.29, 1.82) is 0 Å². The first-order valence-corrected chi connectivity index (χ1v) is 23.9. The van der Waals surface area contributed by atoms with Crippen molar-refractivity contribution >= 4 is 77.3 Å². The number of allylic oxidation sites excluding steroid dienone is 4. The van der Waals surface area contributed by atoms with Crippen LogP contribution in [0.15, 0.2) is 54.3 Å². The Hall–Kier alpha value is -4.24. The highest BCUT2D eigenvalue weighted by Gasteiger charge is 2.46. The van der Waals surface area contributed by atoms with Gasteiger partial charge < -0.3 is 20.6 Å². The molecule has 0 aliphatic carbocycles. The fraction of sp³-hybridized carbons (Fsp3) is 0.444. The minimum absolute atomic E-state index is 0.0167. The Balaban J connectivity index is 1.88. The summed E-state index contributed by atoms with van der Waals surface area (Å²) in [5.74, 6) is -4.43. The third-order valence-corrected chi connectivity index (χ3v) is 12.7. The quantitative estimate of drug-likeness (QED) is 0.0236. The van der Waals surface area contributed by atoms with Gasteiger partial charge in [0.05, 0.1) is 28.2 Å². The summed E-state index contributed by atoms with van der Waals surface area (Å²) in [7, 11) is -13.2. The van der Waals surface area contributed by atoms with Crippen molar-refractivity contribution in [1.82, 2.24) is 10.6 Å². The van der Waals surface area contributed by atoms with Gasteiger partial charge in [-0.2, -0.15) is 29.8 Å². The van der Waals surface area contributed by atoms with Crippen LogP contribution in [0.2, 0.25) is 0 Å². The molecule has 0 saturated carbocycles. The second kappa shape index (κ2) is 19.2. The SMILES string of the molecule is CC1(C)C(/C=C/C=C2/N(CCCS(=O)(=O)O)c3cc(C(=O)NCCSOOO)cc(C(=O)NCCS(=O)(=O)O)c3C2(C)C)=[N+](CCCS(=O)(=O)O)c2ccc(C(=O)O)cc21. The van der Waals surface area contributed by atoms with E-state index in [2.05, 4.69) is 20.0 Å². The molecular formula is C36H47N4O16S4+. The Labute approximate surface area is 351 Å². The zero-order valence-electron chi connectivity index (χ0n) is 32.9. The first-order chi connectivity index (χ1) is 27.8. The highest BCUT2D eigenvalue weighted by Crippen LogP contribution is 2.50. The lowest BCUT2D eigenvalue weighted by atomic mass is 9.79. The van der Waals surface area contributed by atoms with Gasteiger partial charge in [-0.1, -0.05) is 25.0 Å². The largest absolute Gasteiger partial charge is 0.478 e. The number of nitrogens with one attached hydrogen (secondary N) is 2. The van der Waals surface area contributed by atoms with Crippen molar-refractivity contribution in [2.24, 2.45) is 0 Å². The third kappa shape index (κ3) is 12.2. The van der Waals surface area contributed by atoms with E-state index in [0.29, 0.717) is 46.0 Å². The maximum absolute atomic E-state index is 13.8. The number of benzene rings is 2. The van der Waals surface area contributed by atoms with E-state index in [1.54, 1.807) is 43.0 Å². The van der Waals surface area contributed by atoms with Gasteiger partial charge in [0, 0.05) is 95.0 Å². The molecule has 2 amide bonds. The van der Waals surface area contributed by atoms with Crippen LogP contribution in [0, 0.1) is 0 Å². The van der Waals surface area contributed by atoms with E-state index in [-0.39, 0.29) is 54.9 Å². The Kier molecular flexibility index (Phi) is 15.5. The molecule has 7 N–H and O–H groups in total. The summed E-state index contributed by atoms with van der Waals surface area (Å²) in [5, 5.41) is 26.7. The first kappa shape index (κ1) is 48.4. The van der Waals surface area contributed by atoms with Crippen LogP contribution in [0.25, 0.3) is 0 Å². The van der Waals surface area contributed by atoms with E-state index in [4.69, 9.17) is 5.26 Å². The molecule has 0 unspecified atom stereocenters. The average molecular weight is 920 g/mol. The van der Waals surface area contributed by atoms with Crippen LogP contribution >= 0.6 is 12.0 Å². The van der Waals surface area contributed by atoms with Crippen LogP contribution in [0.5, 0.6) is 0 Å². The molecule has 0 atom stereocenters. The number of carboxylic acids is 1. The van der Waals surface area contributed by atoms with Gasteiger partial charge in [-0.25, -0.2) is 10.1 Å².